The Morgan fingerprint density at radius 1 is 1.47 bits per heavy atom. The number of allylic oxidation sites excluding steroid dienone is 1. The fourth-order valence-electron chi connectivity index (χ4n) is 7.05. The first-order chi connectivity index (χ1) is 17.8. The maximum Gasteiger partial charge on any atom is 0.320 e. The third-order valence-corrected chi connectivity index (χ3v) is 11.4. The molecule has 2 aromatic rings. The van der Waals surface area contributed by atoms with Gasteiger partial charge in [-0.25, -0.2) is 9.56 Å². The first-order valence-electron chi connectivity index (χ1n) is 12.2. The van der Waals surface area contributed by atoms with Crippen molar-refractivity contribution in [3.8, 4) is 5.75 Å². The Hall–Kier alpha value is -2.80. The maximum absolute atomic E-state index is 13.8. The summed E-state index contributed by atoms with van der Waals surface area (Å²) >= 11 is 3.22. The maximum atomic E-state index is 13.8. The zero-order chi connectivity index (χ0) is 25.4. The SMILES string of the molecule is Cn1cnc(S[C@H]2[C@H]3C(=O)C=C4S[C@H]5C[C@]42c2c(c(O)c4c6c2=[N+]3CCC=6C=N4)N5)c1C[C@H](N)C(=O)O.[Cl-]. The molecule has 0 saturated carbocycles. The van der Waals surface area contributed by atoms with Crippen molar-refractivity contribution in [2.45, 2.75) is 52.4 Å². The molecule has 1 aromatic carbocycles. The number of aromatic nitrogens is 2. The molecule has 5 aliphatic heterocycles. The number of imidazole rings is 1. The Bertz CT molecular complexity index is 1700. The molecule has 10 nitrogen and oxygen atoms in total. The van der Waals surface area contributed by atoms with E-state index in [0.717, 1.165) is 50.8 Å². The molecule has 1 fully saturated rings. The lowest BCUT2D eigenvalue weighted by atomic mass is 9.64. The molecular formula is C25H23ClN6O4S2. The van der Waals surface area contributed by atoms with Gasteiger partial charge in [0.15, 0.2) is 5.75 Å². The number of carbonyl (C=O) groups is 2. The van der Waals surface area contributed by atoms with Crippen LogP contribution in [0.5, 0.6) is 5.75 Å². The van der Waals surface area contributed by atoms with Gasteiger partial charge in [-0.15, -0.1) is 11.8 Å². The van der Waals surface area contributed by atoms with E-state index in [1.807, 2.05) is 23.9 Å². The van der Waals surface area contributed by atoms with Crippen molar-refractivity contribution in [1.82, 2.24) is 14.1 Å². The Morgan fingerprint density at radius 2 is 2.29 bits per heavy atom. The number of carboxylic acid groups (broad SMARTS) is 1. The molecule has 0 amide bonds. The molecule has 38 heavy (non-hydrogen) atoms. The van der Waals surface area contributed by atoms with Crippen LogP contribution in [0, 0.1) is 0 Å². The van der Waals surface area contributed by atoms with Crippen molar-refractivity contribution in [3.05, 3.63) is 39.1 Å². The molecule has 1 spiro atoms. The van der Waals surface area contributed by atoms with Gasteiger partial charge < -0.3 is 38.2 Å². The molecule has 1 aromatic heterocycles. The van der Waals surface area contributed by atoms with Gasteiger partial charge in [0.25, 0.3) is 0 Å². The number of rotatable bonds is 5. The number of hydrogen-bond acceptors (Lipinski definition) is 9. The molecule has 196 valence electrons. The normalized spacial score (nSPS) is 29.2. The van der Waals surface area contributed by atoms with Crippen LogP contribution in [0.25, 0.3) is 5.57 Å². The molecule has 8 rings (SSSR count). The molecular weight excluding hydrogens is 548 g/mol. The van der Waals surface area contributed by atoms with Crippen LogP contribution in [-0.2, 0) is 28.5 Å². The van der Waals surface area contributed by atoms with Gasteiger partial charge in [-0.3, -0.25) is 14.6 Å². The van der Waals surface area contributed by atoms with Crippen molar-refractivity contribution in [3.63, 3.8) is 0 Å². The highest BCUT2D eigenvalue weighted by Gasteiger charge is 2.67. The number of hydrogen-bond donors (Lipinski definition) is 4. The number of nitrogens with two attached hydrogens (primary N) is 1. The predicted molar refractivity (Wildman–Crippen MR) is 140 cm³/mol. The quantitative estimate of drug-likeness (QED) is 0.218. The van der Waals surface area contributed by atoms with E-state index in [1.165, 1.54) is 0 Å². The largest absolute Gasteiger partial charge is 1.00 e. The van der Waals surface area contributed by atoms with E-state index in [4.69, 9.17) is 5.73 Å². The van der Waals surface area contributed by atoms with Crippen LogP contribution in [0.1, 0.15) is 24.1 Å². The number of aryl methyl sites for hydroxylation is 1. The van der Waals surface area contributed by atoms with Crippen molar-refractivity contribution in [2.24, 2.45) is 17.8 Å². The van der Waals surface area contributed by atoms with Crippen LogP contribution in [0.2, 0.25) is 0 Å². The number of anilines is 1. The lowest BCUT2D eigenvalue weighted by Gasteiger charge is -2.47. The summed E-state index contributed by atoms with van der Waals surface area (Å²) in [6, 6.07) is -1.45. The summed E-state index contributed by atoms with van der Waals surface area (Å²) in [6.07, 6.45) is 7.05. The Morgan fingerprint density at radius 3 is 3.08 bits per heavy atom. The lowest BCUT2D eigenvalue weighted by Crippen LogP contribution is -3.00. The van der Waals surface area contributed by atoms with Gasteiger partial charge in [-0.05, 0) is 18.1 Å². The third kappa shape index (κ3) is 2.78. The number of aromatic hydroxyl groups is 1. The summed E-state index contributed by atoms with van der Waals surface area (Å²) in [7, 11) is 1.84. The smallest absolute Gasteiger partial charge is 0.320 e. The van der Waals surface area contributed by atoms with Crippen LogP contribution >= 0.6 is 23.5 Å². The molecule has 6 aliphatic rings. The van der Waals surface area contributed by atoms with Gasteiger partial charge in [-0.2, -0.15) is 0 Å². The van der Waals surface area contributed by atoms with E-state index in [-0.39, 0.29) is 41.0 Å². The Balaban J connectivity index is 0.00000242. The minimum atomic E-state index is -1.06. The van der Waals surface area contributed by atoms with Crippen molar-refractivity contribution in [2.75, 3.05) is 11.9 Å². The number of nitrogens with one attached hydrogen (secondary N) is 1. The topological polar surface area (TPSA) is 146 Å². The van der Waals surface area contributed by atoms with E-state index >= 15 is 0 Å². The molecule has 5 atom stereocenters. The monoisotopic (exact) mass is 570 g/mol. The summed E-state index contributed by atoms with van der Waals surface area (Å²) in [5.74, 6) is -0.807. The minimum Gasteiger partial charge on any atom is -1.00 e. The number of carboxylic acids is 1. The molecule has 0 unspecified atom stereocenters. The Labute approximate surface area is 231 Å². The first-order valence-corrected chi connectivity index (χ1v) is 14.0. The van der Waals surface area contributed by atoms with Crippen LogP contribution in [0.15, 0.2) is 27.3 Å². The fourth-order valence-corrected chi connectivity index (χ4v) is 10.3. The summed E-state index contributed by atoms with van der Waals surface area (Å²) in [6.45, 7) is 0.688. The zero-order valence-corrected chi connectivity index (χ0v) is 22.5. The van der Waals surface area contributed by atoms with Crippen LogP contribution < -0.4 is 38.6 Å². The first kappa shape index (κ1) is 24.3. The third-order valence-electron chi connectivity index (χ3n) is 8.63. The van der Waals surface area contributed by atoms with Gasteiger partial charge in [0.2, 0.25) is 17.2 Å². The molecule has 5 N–H and O–H groups in total. The van der Waals surface area contributed by atoms with Crippen LogP contribution in [0.3, 0.4) is 0 Å². The van der Waals surface area contributed by atoms with Crippen LogP contribution in [0.4, 0.5) is 11.4 Å². The standard InChI is InChI=1S/C25H22N6O4S2.ClH/c1-30-8-28-23(11(30)4-10(26)24(34)35)37-22-19-12(32)5-13-25(22)6-14(36-13)29-18-16(25)20-15-9(2-3-31(19)20)7-27-17(15)21(18)33;/h5,7-8,10,14,19,22H,2-4,6,26H2,1H3,(H2,27,29,33,34,35);1H/t10-,14-,19+,22-,25+;/m0./s1. The number of aliphatic carboxylic acids is 1. The number of phenolic OH excluding ortho intramolecular Hbond substituents is 1. The molecule has 1 aliphatic carbocycles. The number of aliphatic imine (C=N–C) groups is 1. The van der Waals surface area contributed by atoms with Crippen molar-refractivity contribution >= 4 is 58.4 Å². The fraction of sp³-hybridized carbons (Fsp3) is 0.400. The molecule has 0 radical (unpaired) electrons. The van der Waals surface area contributed by atoms with Gasteiger partial charge in [0.1, 0.15) is 23.3 Å². The second-order valence-electron chi connectivity index (χ2n) is 10.5. The number of fused-ring (bicyclic) bond motifs is 3. The van der Waals surface area contributed by atoms with Gasteiger partial charge in [0, 0.05) is 31.0 Å². The number of nitrogens with zero attached hydrogens (tertiary/aromatic N) is 4. The van der Waals surface area contributed by atoms with E-state index in [0.29, 0.717) is 17.3 Å². The predicted octanol–water partition coefficient (Wildman–Crippen LogP) is -3.02. The minimum absolute atomic E-state index is 0. The molecule has 1 saturated heterocycles. The molecule has 6 heterocycles. The van der Waals surface area contributed by atoms with E-state index < -0.39 is 23.5 Å². The van der Waals surface area contributed by atoms with Crippen molar-refractivity contribution < 1.29 is 32.2 Å². The van der Waals surface area contributed by atoms with Crippen molar-refractivity contribution in [1.29, 1.82) is 0 Å². The lowest BCUT2D eigenvalue weighted by molar-refractivity contribution is -0.138. The van der Waals surface area contributed by atoms with E-state index in [2.05, 4.69) is 19.9 Å². The average molecular weight is 571 g/mol. The van der Waals surface area contributed by atoms with Gasteiger partial charge >= 0.3 is 5.97 Å². The second-order valence-corrected chi connectivity index (χ2v) is 12.8. The second kappa shape index (κ2) is 7.87. The summed E-state index contributed by atoms with van der Waals surface area (Å²) < 4.78 is 4.04. The zero-order valence-electron chi connectivity index (χ0n) is 20.1. The summed E-state index contributed by atoms with van der Waals surface area (Å²) in [4.78, 5) is 35.6. The number of thioether (sulfide) groups is 2. The van der Waals surface area contributed by atoms with E-state index in [9.17, 15) is 19.8 Å². The highest BCUT2D eigenvalue weighted by Crippen LogP contribution is 2.65. The average Bonchev–Trinajstić information content (AvgIpc) is 3.52. The van der Waals surface area contributed by atoms with Gasteiger partial charge in [0.05, 0.1) is 44.5 Å². The number of phenols is 1. The summed E-state index contributed by atoms with van der Waals surface area (Å²) in [5.41, 5.74) is 9.67. The Kier molecular flexibility index (Phi) is 5.02. The highest BCUT2D eigenvalue weighted by atomic mass is 35.5. The molecule has 13 heteroatoms. The number of benzene rings is 1. The number of carbonyl (C=O) groups excluding carboxylic acids is 1. The molecule has 3 bridgehead atoms. The number of ketones is 1. The number of halogens is 1. The van der Waals surface area contributed by atoms with E-state index in [1.54, 1.807) is 29.9 Å². The van der Waals surface area contributed by atoms with Gasteiger partial charge in [-0.1, -0.05) is 11.8 Å². The highest BCUT2D eigenvalue weighted by molar-refractivity contribution is 8.04. The van der Waals surface area contributed by atoms with Crippen LogP contribution in [-0.4, -0.2) is 67.0 Å². The summed E-state index contributed by atoms with van der Waals surface area (Å²) in [5, 5.41) is 26.9.